The Hall–Kier alpha value is -2.63. The zero-order chi connectivity index (χ0) is 25.6. The standard InChI is InChI=1S/C25H25ClIN3O4S/c1-25(2,3)34-24(31)29-23(30-35(32,33)20-7-5-4-6-8-20)28-16-17-9-14-21(22(27)15-17)18-10-12-19(26)13-11-18/h4-15H,16H2,1-3H3,(H2,28,29,30,31). The summed E-state index contributed by atoms with van der Waals surface area (Å²) in [5, 5.41) is 3.08. The zero-order valence-corrected chi connectivity index (χ0v) is 23.1. The van der Waals surface area contributed by atoms with Gasteiger partial charge < -0.3 is 4.74 Å². The molecule has 0 spiro atoms. The molecule has 0 saturated carbocycles. The van der Waals surface area contributed by atoms with E-state index < -0.39 is 21.7 Å². The number of ether oxygens (including phenoxy) is 1. The number of nitrogens with one attached hydrogen (secondary N) is 2. The summed E-state index contributed by atoms with van der Waals surface area (Å²) in [4.78, 5) is 16.7. The van der Waals surface area contributed by atoms with Gasteiger partial charge in [0, 0.05) is 8.59 Å². The molecular formula is C25H25ClIN3O4S. The fourth-order valence-corrected chi connectivity index (χ4v) is 4.99. The van der Waals surface area contributed by atoms with Gasteiger partial charge in [0.25, 0.3) is 10.0 Å². The van der Waals surface area contributed by atoms with Gasteiger partial charge in [-0.25, -0.2) is 22.9 Å². The van der Waals surface area contributed by atoms with Crippen LogP contribution in [0.4, 0.5) is 4.79 Å². The first-order valence-corrected chi connectivity index (χ1v) is 13.5. The number of hydrogen-bond acceptors (Lipinski definition) is 5. The molecule has 35 heavy (non-hydrogen) atoms. The van der Waals surface area contributed by atoms with E-state index in [9.17, 15) is 13.2 Å². The van der Waals surface area contributed by atoms with Crippen LogP contribution in [0, 0.1) is 3.57 Å². The minimum atomic E-state index is -3.97. The number of carbonyl (C=O) groups is 1. The van der Waals surface area contributed by atoms with Gasteiger partial charge in [0.05, 0.1) is 11.4 Å². The van der Waals surface area contributed by atoms with Crippen molar-refractivity contribution < 1.29 is 17.9 Å². The molecule has 0 radical (unpaired) electrons. The van der Waals surface area contributed by atoms with Gasteiger partial charge in [0.1, 0.15) is 5.60 Å². The van der Waals surface area contributed by atoms with Crippen LogP contribution in [0.15, 0.2) is 82.7 Å². The predicted octanol–water partition coefficient (Wildman–Crippen LogP) is 5.97. The van der Waals surface area contributed by atoms with Crippen molar-refractivity contribution in [3.8, 4) is 11.1 Å². The van der Waals surface area contributed by atoms with Crippen LogP contribution in [0.5, 0.6) is 0 Å². The molecule has 2 N–H and O–H groups in total. The molecule has 0 aliphatic rings. The summed E-state index contributed by atoms with van der Waals surface area (Å²) in [5.41, 5.74) is 2.12. The number of nitrogens with zero attached hydrogens (tertiary/aromatic N) is 1. The highest BCUT2D eigenvalue weighted by Crippen LogP contribution is 2.27. The van der Waals surface area contributed by atoms with Crippen molar-refractivity contribution in [2.75, 3.05) is 0 Å². The fraction of sp³-hybridized carbons (Fsp3) is 0.200. The maximum absolute atomic E-state index is 12.8. The van der Waals surface area contributed by atoms with E-state index in [4.69, 9.17) is 16.3 Å². The Morgan fingerprint density at radius 2 is 1.69 bits per heavy atom. The summed E-state index contributed by atoms with van der Waals surface area (Å²) in [6.07, 6.45) is -0.820. The van der Waals surface area contributed by atoms with Crippen molar-refractivity contribution in [2.45, 2.75) is 37.8 Å². The number of guanidine groups is 1. The number of carbonyl (C=O) groups excluding carboxylic acids is 1. The molecule has 0 atom stereocenters. The smallest absolute Gasteiger partial charge is 0.414 e. The molecule has 3 aromatic rings. The quantitative estimate of drug-likeness (QED) is 0.207. The third-order valence-corrected chi connectivity index (χ3v) is 7.01. The van der Waals surface area contributed by atoms with Crippen LogP contribution in [-0.2, 0) is 21.3 Å². The first-order chi connectivity index (χ1) is 16.4. The van der Waals surface area contributed by atoms with Gasteiger partial charge in [-0.3, -0.25) is 5.32 Å². The largest absolute Gasteiger partial charge is 0.444 e. The van der Waals surface area contributed by atoms with E-state index in [0.717, 1.165) is 20.3 Å². The minimum Gasteiger partial charge on any atom is -0.444 e. The molecule has 0 aliphatic carbocycles. The van der Waals surface area contributed by atoms with E-state index in [1.165, 1.54) is 12.1 Å². The van der Waals surface area contributed by atoms with Crippen molar-refractivity contribution >= 4 is 56.3 Å². The molecular weight excluding hydrogens is 601 g/mol. The van der Waals surface area contributed by atoms with Crippen LogP contribution >= 0.6 is 34.2 Å². The van der Waals surface area contributed by atoms with E-state index >= 15 is 0 Å². The molecule has 0 heterocycles. The number of rotatable bonds is 5. The van der Waals surface area contributed by atoms with E-state index in [1.54, 1.807) is 39.0 Å². The highest BCUT2D eigenvalue weighted by atomic mass is 127. The highest BCUT2D eigenvalue weighted by molar-refractivity contribution is 14.1. The number of aliphatic imine (C=N–C) groups is 1. The van der Waals surface area contributed by atoms with E-state index in [-0.39, 0.29) is 17.4 Å². The van der Waals surface area contributed by atoms with E-state index in [0.29, 0.717) is 5.02 Å². The van der Waals surface area contributed by atoms with Crippen LogP contribution in [0.25, 0.3) is 11.1 Å². The second kappa shape index (κ2) is 11.4. The Kier molecular flexibility index (Phi) is 8.79. The van der Waals surface area contributed by atoms with E-state index in [1.807, 2.05) is 42.5 Å². The van der Waals surface area contributed by atoms with Crippen LogP contribution in [-0.4, -0.2) is 26.1 Å². The number of amides is 1. The molecule has 0 saturated heterocycles. The lowest BCUT2D eigenvalue weighted by Gasteiger charge is -2.20. The van der Waals surface area contributed by atoms with Crippen LogP contribution in [0.1, 0.15) is 26.3 Å². The van der Waals surface area contributed by atoms with Gasteiger partial charge in [-0.15, -0.1) is 0 Å². The van der Waals surface area contributed by atoms with Gasteiger partial charge >= 0.3 is 6.09 Å². The fourth-order valence-electron chi connectivity index (χ4n) is 2.97. The average molecular weight is 626 g/mol. The summed E-state index contributed by atoms with van der Waals surface area (Å²) in [5.74, 6) is -0.236. The molecule has 3 rings (SSSR count). The van der Waals surface area contributed by atoms with Crippen molar-refractivity contribution in [3.63, 3.8) is 0 Å². The molecule has 0 fully saturated rings. The maximum atomic E-state index is 12.8. The molecule has 1 amide bonds. The molecule has 184 valence electrons. The first kappa shape index (κ1) is 27.0. The summed E-state index contributed by atoms with van der Waals surface area (Å²) >= 11 is 8.22. The lowest BCUT2D eigenvalue weighted by Crippen LogP contribution is -2.45. The second-order valence-electron chi connectivity index (χ2n) is 8.53. The topological polar surface area (TPSA) is 96.9 Å². The van der Waals surface area contributed by atoms with Gasteiger partial charge in [-0.05, 0) is 90.4 Å². The molecule has 0 aromatic heterocycles. The number of alkyl carbamates (subject to hydrolysis) is 1. The maximum Gasteiger partial charge on any atom is 0.414 e. The molecule has 0 aliphatic heterocycles. The lowest BCUT2D eigenvalue weighted by molar-refractivity contribution is 0.0562. The number of halogens is 2. The van der Waals surface area contributed by atoms with Crippen LogP contribution < -0.4 is 10.0 Å². The molecule has 7 nitrogen and oxygen atoms in total. The van der Waals surface area contributed by atoms with Crippen LogP contribution in [0.3, 0.4) is 0 Å². The average Bonchev–Trinajstić information content (AvgIpc) is 2.77. The third-order valence-electron chi connectivity index (χ3n) is 4.51. The Morgan fingerprint density at radius 3 is 2.29 bits per heavy atom. The summed E-state index contributed by atoms with van der Waals surface area (Å²) < 4.78 is 34.2. The Morgan fingerprint density at radius 1 is 1.03 bits per heavy atom. The van der Waals surface area contributed by atoms with Crippen LogP contribution in [0.2, 0.25) is 5.02 Å². The lowest BCUT2D eigenvalue weighted by atomic mass is 10.0. The minimum absolute atomic E-state index is 0.0422. The van der Waals surface area contributed by atoms with Crippen molar-refractivity contribution in [1.82, 2.24) is 10.0 Å². The second-order valence-corrected chi connectivity index (χ2v) is 11.8. The Balaban J connectivity index is 1.84. The van der Waals surface area contributed by atoms with Crippen molar-refractivity contribution in [3.05, 3.63) is 87.0 Å². The zero-order valence-electron chi connectivity index (χ0n) is 19.4. The summed E-state index contributed by atoms with van der Waals surface area (Å²) in [6, 6.07) is 21.2. The molecule has 0 bridgehead atoms. The highest BCUT2D eigenvalue weighted by Gasteiger charge is 2.21. The number of benzene rings is 3. The Labute approximate surface area is 224 Å². The van der Waals surface area contributed by atoms with E-state index in [2.05, 4.69) is 37.6 Å². The number of hydrogen-bond donors (Lipinski definition) is 2. The molecule has 3 aromatic carbocycles. The van der Waals surface area contributed by atoms with Gasteiger partial charge in [-0.1, -0.05) is 54.1 Å². The van der Waals surface area contributed by atoms with Gasteiger partial charge in [0.15, 0.2) is 0 Å². The Bertz CT molecular complexity index is 1320. The van der Waals surface area contributed by atoms with Crippen molar-refractivity contribution in [2.24, 2.45) is 4.99 Å². The number of sulfonamides is 1. The van der Waals surface area contributed by atoms with Crippen molar-refractivity contribution in [1.29, 1.82) is 0 Å². The molecule has 10 heteroatoms. The normalized spacial score (nSPS) is 12.2. The summed E-state index contributed by atoms with van der Waals surface area (Å²) in [7, 11) is -3.97. The monoisotopic (exact) mass is 625 g/mol. The van der Waals surface area contributed by atoms with Gasteiger partial charge in [-0.2, -0.15) is 0 Å². The third kappa shape index (κ3) is 8.22. The summed E-state index contributed by atoms with van der Waals surface area (Å²) in [6.45, 7) is 5.25. The SMILES string of the molecule is CC(C)(C)OC(=O)NC(=NCc1ccc(-c2ccc(Cl)cc2)c(I)c1)NS(=O)(=O)c1ccccc1. The predicted molar refractivity (Wildman–Crippen MR) is 147 cm³/mol. The van der Waals surface area contributed by atoms with Gasteiger partial charge in [0.2, 0.25) is 5.96 Å². The molecule has 0 unspecified atom stereocenters. The first-order valence-electron chi connectivity index (χ1n) is 10.6.